The molecule has 1 unspecified atom stereocenters. The zero-order chi connectivity index (χ0) is 22.2. The lowest BCUT2D eigenvalue weighted by molar-refractivity contribution is -0.118. The minimum Gasteiger partial charge on any atom is -0.494 e. The zero-order valence-corrected chi connectivity index (χ0v) is 17.2. The van der Waals surface area contributed by atoms with Crippen molar-refractivity contribution >= 4 is 17.5 Å². The fraction of sp³-hybridized carbons (Fsp3) is 0.167. The number of carbonyl (C=O) groups is 2. The Morgan fingerprint density at radius 2 is 1.71 bits per heavy atom. The summed E-state index contributed by atoms with van der Waals surface area (Å²) in [4.78, 5) is 25.1. The molecule has 3 aromatic rings. The molecule has 1 atom stereocenters. The van der Waals surface area contributed by atoms with Crippen LogP contribution < -0.4 is 20.1 Å². The van der Waals surface area contributed by atoms with Crippen molar-refractivity contribution in [1.82, 2.24) is 5.32 Å². The van der Waals surface area contributed by atoms with E-state index in [1.165, 1.54) is 19.2 Å². The summed E-state index contributed by atoms with van der Waals surface area (Å²) in [6, 6.07) is 20.1. The molecule has 2 amide bonds. The number of methoxy groups -OCH3 is 1. The molecule has 6 nitrogen and oxygen atoms in total. The number of halogens is 1. The number of carbonyl (C=O) groups excluding carboxylic acids is 2. The van der Waals surface area contributed by atoms with Gasteiger partial charge in [0.2, 0.25) is 0 Å². The molecular formula is C24H23FN2O4. The van der Waals surface area contributed by atoms with Crippen molar-refractivity contribution in [3.05, 3.63) is 89.7 Å². The van der Waals surface area contributed by atoms with E-state index in [0.717, 1.165) is 11.6 Å². The van der Waals surface area contributed by atoms with Gasteiger partial charge in [-0.3, -0.25) is 9.59 Å². The number of amides is 2. The summed E-state index contributed by atoms with van der Waals surface area (Å²) in [5.74, 6) is -1.11. The van der Waals surface area contributed by atoms with Gasteiger partial charge < -0.3 is 20.1 Å². The first kappa shape index (κ1) is 21.8. The number of benzene rings is 3. The maximum absolute atomic E-state index is 13.7. The van der Waals surface area contributed by atoms with Crippen molar-refractivity contribution in [2.24, 2.45) is 0 Å². The standard InChI is InChI=1S/C24H23FN2O4/c1-16(17-8-4-3-5-9-17)26-24(29)19-10-6-7-11-21(19)27-23(28)15-31-18-12-13-22(30-2)20(25)14-18/h3-14,16H,15H2,1-2H3,(H,26,29)(H,27,28). The van der Waals surface area contributed by atoms with Gasteiger partial charge in [0.1, 0.15) is 5.75 Å². The number of hydrogen-bond donors (Lipinski definition) is 2. The summed E-state index contributed by atoms with van der Waals surface area (Å²) < 4.78 is 23.9. The van der Waals surface area contributed by atoms with Crippen LogP contribution in [0.25, 0.3) is 0 Å². The Labute approximate surface area is 180 Å². The molecule has 3 rings (SSSR count). The number of anilines is 1. The highest BCUT2D eigenvalue weighted by atomic mass is 19.1. The average Bonchev–Trinajstić information content (AvgIpc) is 2.78. The Bertz CT molecular complexity index is 1060. The van der Waals surface area contributed by atoms with Crippen molar-refractivity contribution < 1.29 is 23.5 Å². The zero-order valence-electron chi connectivity index (χ0n) is 17.2. The predicted octanol–water partition coefficient (Wildman–Crippen LogP) is 4.34. The first-order chi connectivity index (χ1) is 15.0. The molecule has 0 saturated carbocycles. The minimum atomic E-state index is -0.588. The maximum Gasteiger partial charge on any atom is 0.262 e. The van der Waals surface area contributed by atoms with Crippen LogP contribution in [0.4, 0.5) is 10.1 Å². The molecule has 2 N–H and O–H groups in total. The topological polar surface area (TPSA) is 76.7 Å². The van der Waals surface area contributed by atoms with E-state index in [1.807, 2.05) is 37.3 Å². The Hall–Kier alpha value is -3.87. The Morgan fingerprint density at radius 3 is 2.42 bits per heavy atom. The highest BCUT2D eigenvalue weighted by molar-refractivity contribution is 6.04. The smallest absolute Gasteiger partial charge is 0.262 e. The second-order valence-corrected chi connectivity index (χ2v) is 6.78. The van der Waals surface area contributed by atoms with Crippen molar-refractivity contribution in [3.63, 3.8) is 0 Å². The summed E-state index contributed by atoms with van der Waals surface area (Å²) in [5.41, 5.74) is 1.65. The first-order valence-electron chi connectivity index (χ1n) is 9.69. The lowest BCUT2D eigenvalue weighted by atomic mass is 10.1. The number of hydrogen-bond acceptors (Lipinski definition) is 4. The fourth-order valence-electron chi connectivity index (χ4n) is 2.96. The van der Waals surface area contributed by atoms with E-state index in [4.69, 9.17) is 9.47 Å². The van der Waals surface area contributed by atoms with Crippen LogP contribution in [0.15, 0.2) is 72.8 Å². The molecule has 0 radical (unpaired) electrons. The molecule has 0 fully saturated rings. The molecule has 3 aromatic carbocycles. The third-order valence-corrected chi connectivity index (χ3v) is 4.59. The number of nitrogens with one attached hydrogen (secondary N) is 2. The van der Waals surface area contributed by atoms with E-state index in [-0.39, 0.29) is 30.1 Å². The average molecular weight is 422 g/mol. The van der Waals surface area contributed by atoms with Crippen LogP contribution in [0.1, 0.15) is 28.9 Å². The van der Waals surface area contributed by atoms with Crippen LogP contribution in [0.2, 0.25) is 0 Å². The van der Waals surface area contributed by atoms with Crippen LogP contribution in [0.5, 0.6) is 11.5 Å². The quantitative estimate of drug-likeness (QED) is 0.566. The number of para-hydroxylation sites is 1. The third-order valence-electron chi connectivity index (χ3n) is 4.59. The highest BCUT2D eigenvalue weighted by Gasteiger charge is 2.16. The summed E-state index contributed by atoms with van der Waals surface area (Å²) in [6.07, 6.45) is 0. The van der Waals surface area contributed by atoms with Gasteiger partial charge >= 0.3 is 0 Å². The lowest BCUT2D eigenvalue weighted by Crippen LogP contribution is -2.28. The molecule has 0 aromatic heterocycles. The molecular weight excluding hydrogens is 399 g/mol. The Kier molecular flexibility index (Phi) is 7.22. The van der Waals surface area contributed by atoms with Crippen LogP contribution in [0, 0.1) is 5.82 Å². The van der Waals surface area contributed by atoms with Crippen molar-refractivity contribution in [2.75, 3.05) is 19.0 Å². The minimum absolute atomic E-state index is 0.0847. The van der Waals surface area contributed by atoms with Gasteiger partial charge in [-0.2, -0.15) is 0 Å². The maximum atomic E-state index is 13.7. The molecule has 0 heterocycles. The SMILES string of the molecule is COc1ccc(OCC(=O)Nc2ccccc2C(=O)NC(C)c2ccccc2)cc1F. The van der Waals surface area contributed by atoms with Crippen molar-refractivity contribution in [2.45, 2.75) is 13.0 Å². The van der Waals surface area contributed by atoms with E-state index in [2.05, 4.69) is 10.6 Å². The second-order valence-electron chi connectivity index (χ2n) is 6.78. The van der Waals surface area contributed by atoms with Crippen LogP contribution in [0.3, 0.4) is 0 Å². The molecule has 160 valence electrons. The summed E-state index contributed by atoms with van der Waals surface area (Å²) in [7, 11) is 1.36. The molecule has 0 saturated heterocycles. The van der Waals surface area contributed by atoms with Crippen molar-refractivity contribution in [3.8, 4) is 11.5 Å². The fourth-order valence-corrected chi connectivity index (χ4v) is 2.96. The monoisotopic (exact) mass is 422 g/mol. The summed E-state index contributed by atoms with van der Waals surface area (Å²) in [6.45, 7) is 1.54. The molecule has 7 heteroatoms. The van der Waals surface area contributed by atoms with E-state index in [0.29, 0.717) is 11.3 Å². The van der Waals surface area contributed by atoms with E-state index < -0.39 is 11.7 Å². The second kappa shape index (κ2) is 10.2. The van der Waals surface area contributed by atoms with E-state index in [9.17, 15) is 14.0 Å². The van der Waals surface area contributed by atoms with Gasteiger partial charge in [0.05, 0.1) is 24.4 Å². The van der Waals surface area contributed by atoms with Gasteiger partial charge in [-0.15, -0.1) is 0 Å². The number of ether oxygens (including phenoxy) is 2. The van der Waals surface area contributed by atoms with Gasteiger partial charge in [-0.1, -0.05) is 42.5 Å². The normalized spacial score (nSPS) is 11.3. The van der Waals surface area contributed by atoms with Crippen molar-refractivity contribution in [1.29, 1.82) is 0 Å². The summed E-state index contributed by atoms with van der Waals surface area (Å²) in [5, 5.41) is 5.59. The summed E-state index contributed by atoms with van der Waals surface area (Å²) >= 11 is 0. The van der Waals surface area contributed by atoms with Gasteiger partial charge in [-0.25, -0.2) is 4.39 Å². The molecule has 0 aliphatic carbocycles. The molecule has 0 aliphatic heterocycles. The van der Waals surface area contributed by atoms with Gasteiger partial charge in [0.25, 0.3) is 11.8 Å². The largest absolute Gasteiger partial charge is 0.494 e. The van der Waals surface area contributed by atoms with Gasteiger partial charge in [0, 0.05) is 6.07 Å². The van der Waals surface area contributed by atoms with E-state index in [1.54, 1.807) is 24.3 Å². The molecule has 31 heavy (non-hydrogen) atoms. The van der Waals surface area contributed by atoms with Crippen LogP contribution >= 0.6 is 0 Å². The molecule has 0 aliphatic rings. The molecule has 0 bridgehead atoms. The number of rotatable bonds is 8. The highest BCUT2D eigenvalue weighted by Crippen LogP contribution is 2.22. The Balaban J connectivity index is 1.62. The lowest BCUT2D eigenvalue weighted by Gasteiger charge is -2.16. The van der Waals surface area contributed by atoms with Gasteiger partial charge in [-0.05, 0) is 36.8 Å². The van der Waals surface area contributed by atoms with E-state index >= 15 is 0 Å². The first-order valence-corrected chi connectivity index (χ1v) is 9.69. The van der Waals surface area contributed by atoms with Gasteiger partial charge in [0.15, 0.2) is 18.2 Å². The Morgan fingerprint density at radius 1 is 1.00 bits per heavy atom. The third kappa shape index (κ3) is 5.82. The van der Waals surface area contributed by atoms with Crippen LogP contribution in [-0.4, -0.2) is 25.5 Å². The molecule has 0 spiro atoms. The van der Waals surface area contributed by atoms with Crippen LogP contribution in [-0.2, 0) is 4.79 Å². The predicted molar refractivity (Wildman–Crippen MR) is 116 cm³/mol.